The van der Waals surface area contributed by atoms with Crippen molar-refractivity contribution in [1.82, 2.24) is 15.0 Å². The lowest BCUT2D eigenvalue weighted by Gasteiger charge is -2.28. The van der Waals surface area contributed by atoms with Crippen LogP contribution < -0.4 is 0 Å². The molecule has 3 rings (SSSR count). The Morgan fingerprint density at radius 1 is 1.07 bits per heavy atom. The number of likely N-dealkylation sites (N-methyl/N-ethyl adjacent to an activating group) is 2. The maximum atomic E-state index is 13.2. The summed E-state index contributed by atoms with van der Waals surface area (Å²) in [6.45, 7) is 0.296. The van der Waals surface area contributed by atoms with Gasteiger partial charge in [0.05, 0.1) is 6.54 Å². The van der Waals surface area contributed by atoms with Gasteiger partial charge in [0.1, 0.15) is 17.6 Å². The van der Waals surface area contributed by atoms with Crippen LogP contribution in [0.25, 0.3) is 11.3 Å². The number of halogens is 1. The van der Waals surface area contributed by atoms with Crippen LogP contribution >= 0.6 is 0 Å². The second-order valence-electron chi connectivity index (χ2n) is 6.66. The summed E-state index contributed by atoms with van der Waals surface area (Å²) < 4.78 is 18.6. The zero-order valence-electron chi connectivity index (χ0n) is 15.6. The number of aromatic nitrogens is 1. The van der Waals surface area contributed by atoms with E-state index in [-0.39, 0.29) is 11.7 Å². The third kappa shape index (κ3) is 4.41. The molecule has 1 heterocycles. The van der Waals surface area contributed by atoms with Crippen LogP contribution in [0.4, 0.5) is 4.39 Å². The van der Waals surface area contributed by atoms with Gasteiger partial charge in [0.15, 0.2) is 5.76 Å². The van der Waals surface area contributed by atoms with E-state index in [1.165, 1.54) is 12.1 Å². The predicted molar refractivity (Wildman–Crippen MR) is 101 cm³/mol. The van der Waals surface area contributed by atoms with Crippen molar-refractivity contribution in [2.45, 2.75) is 12.6 Å². The van der Waals surface area contributed by atoms with E-state index in [4.69, 9.17) is 4.52 Å². The van der Waals surface area contributed by atoms with Crippen LogP contribution in [0.2, 0.25) is 0 Å². The summed E-state index contributed by atoms with van der Waals surface area (Å²) in [5.74, 6) is 0.165. The summed E-state index contributed by atoms with van der Waals surface area (Å²) in [5.41, 5.74) is 2.42. The molecular formula is C21H22FN3O2. The Morgan fingerprint density at radius 2 is 1.74 bits per heavy atom. The van der Waals surface area contributed by atoms with Crippen LogP contribution in [0, 0.1) is 5.82 Å². The Kier molecular flexibility index (Phi) is 5.66. The van der Waals surface area contributed by atoms with Gasteiger partial charge in [0.25, 0.3) is 0 Å². The molecule has 0 unspecified atom stereocenters. The zero-order valence-corrected chi connectivity index (χ0v) is 15.6. The van der Waals surface area contributed by atoms with Crippen LogP contribution in [-0.4, -0.2) is 42.0 Å². The largest absolute Gasteiger partial charge is 0.359 e. The second-order valence-corrected chi connectivity index (χ2v) is 6.66. The monoisotopic (exact) mass is 367 g/mol. The first-order valence-electron chi connectivity index (χ1n) is 8.63. The lowest BCUT2D eigenvalue weighted by Crippen LogP contribution is -2.38. The number of hydrogen-bond acceptors (Lipinski definition) is 4. The molecule has 0 fully saturated rings. The van der Waals surface area contributed by atoms with Gasteiger partial charge in [0.2, 0.25) is 5.91 Å². The van der Waals surface area contributed by atoms with Crippen LogP contribution in [-0.2, 0) is 11.3 Å². The fourth-order valence-corrected chi connectivity index (χ4v) is 2.96. The number of carbonyl (C=O) groups is 1. The molecule has 0 N–H and O–H groups in total. The molecule has 0 saturated heterocycles. The van der Waals surface area contributed by atoms with Gasteiger partial charge in [0, 0.05) is 18.7 Å². The third-order valence-corrected chi connectivity index (χ3v) is 4.33. The Balaban J connectivity index is 1.74. The molecule has 0 radical (unpaired) electrons. The van der Waals surface area contributed by atoms with Crippen molar-refractivity contribution < 1.29 is 13.7 Å². The quantitative estimate of drug-likeness (QED) is 0.666. The molecule has 5 nitrogen and oxygen atoms in total. The summed E-state index contributed by atoms with van der Waals surface area (Å²) in [4.78, 5) is 16.4. The van der Waals surface area contributed by atoms with Crippen molar-refractivity contribution in [3.05, 3.63) is 77.8 Å². The third-order valence-electron chi connectivity index (χ3n) is 4.33. The maximum absolute atomic E-state index is 13.2. The van der Waals surface area contributed by atoms with Crippen molar-refractivity contribution in [3.8, 4) is 11.3 Å². The predicted octanol–water partition coefficient (Wildman–Crippen LogP) is 3.74. The van der Waals surface area contributed by atoms with E-state index in [0.717, 1.165) is 16.8 Å². The molecule has 2 aromatic carbocycles. The van der Waals surface area contributed by atoms with Crippen LogP contribution in [0.5, 0.6) is 0 Å². The first-order valence-corrected chi connectivity index (χ1v) is 8.63. The fraction of sp³-hybridized carbons (Fsp3) is 0.238. The number of nitrogens with zero attached hydrogens (tertiary/aromatic N) is 3. The van der Waals surface area contributed by atoms with Gasteiger partial charge in [-0.2, -0.15) is 0 Å². The average Bonchev–Trinajstić information content (AvgIpc) is 3.12. The first kappa shape index (κ1) is 18.8. The minimum atomic E-state index is -0.507. The minimum Gasteiger partial charge on any atom is -0.359 e. The van der Waals surface area contributed by atoms with Crippen molar-refractivity contribution in [3.63, 3.8) is 0 Å². The Bertz CT molecular complexity index is 891. The van der Waals surface area contributed by atoms with Gasteiger partial charge in [-0.25, -0.2) is 4.39 Å². The highest BCUT2D eigenvalue weighted by atomic mass is 19.1. The molecule has 0 bridgehead atoms. The lowest BCUT2D eigenvalue weighted by atomic mass is 10.0. The highest BCUT2D eigenvalue weighted by molar-refractivity contribution is 5.83. The summed E-state index contributed by atoms with van der Waals surface area (Å²) in [5, 5.41) is 4.08. The van der Waals surface area contributed by atoms with Gasteiger partial charge < -0.3 is 9.42 Å². The van der Waals surface area contributed by atoms with E-state index in [1.54, 1.807) is 24.1 Å². The van der Waals surface area contributed by atoms with Crippen molar-refractivity contribution in [2.24, 2.45) is 0 Å². The highest BCUT2D eigenvalue weighted by Gasteiger charge is 2.26. The molecule has 0 aliphatic rings. The molecule has 1 amide bonds. The normalized spacial score (nSPS) is 12.2. The summed E-state index contributed by atoms with van der Waals surface area (Å²) in [6.07, 6.45) is 0. The molecule has 3 aromatic rings. The summed E-state index contributed by atoms with van der Waals surface area (Å²) in [7, 11) is 5.36. The smallest absolute Gasteiger partial charge is 0.244 e. The van der Waals surface area contributed by atoms with E-state index in [9.17, 15) is 9.18 Å². The first-order chi connectivity index (χ1) is 13.0. The molecule has 0 aliphatic carbocycles. The number of hydrogen-bond donors (Lipinski definition) is 0. The van der Waals surface area contributed by atoms with E-state index in [1.807, 2.05) is 55.4 Å². The Hall–Kier alpha value is -2.99. The zero-order chi connectivity index (χ0) is 19.4. The highest BCUT2D eigenvalue weighted by Crippen LogP contribution is 2.23. The number of amides is 1. The average molecular weight is 367 g/mol. The van der Waals surface area contributed by atoms with E-state index in [2.05, 4.69) is 5.16 Å². The summed E-state index contributed by atoms with van der Waals surface area (Å²) >= 11 is 0. The molecule has 0 saturated carbocycles. The molecule has 0 spiro atoms. The molecule has 1 atom stereocenters. The SMILES string of the molecule is CN(Cc1cc(-c2ccccc2)no1)C(=O)[C@@H](c1ccc(F)cc1)N(C)C. The van der Waals surface area contributed by atoms with Crippen molar-refractivity contribution in [2.75, 3.05) is 21.1 Å². The molecule has 27 heavy (non-hydrogen) atoms. The van der Waals surface area contributed by atoms with Crippen molar-refractivity contribution >= 4 is 5.91 Å². The van der Waals surface area contributed by atoms with Crippen LogP contribution in [0.15, 0.2) is 65.2 Å². The maximum Gasteiger partial charge on any atom is 0.244 e. The molecular weight excluding hydrogens is 345 g/mol. The number of carbonyl (C=O) groups excluding carboxylic acids is 1. The lowest BCUT2D eigenvalue weighted by molar-refractivity contribution is -0.135. The topological polar surface area (TPSA) is 49.6 Å². The molecule has 0 aliphatic heterocycles. The van der Waals surface area contributed by atoms with Gasteiger partial charge in [-0.1, -0.05) is 47.6 Å². The standard InChI is InChI=1S/C21H22FN3O2/c1-24(2)20(16-9-11-17(22)12-10-16)21(26)25(3)14-18-13-19(23-27-18)15-7-5-4-6-8-15/h4-13,20H,14H2,1-3H3/t20-/m1/s1. The van der Waals surface area contributed by atoms with Gasteiger partial charge >= 0.3 is 0 Å². The van der Waals surface area contributed by atoms with Crippen LogP contribution in [0.1, 0.15) is 17.4 Å². The van der Waals surface area contributed by atoms with Gasteiger partial charge in [-0.05, 0) is 31.8 Å². The fourth-order valence-electron chi connectivity index (χ4n) is 2.96. The molecule has 1 aromatic heterocycles. The van der Waals surface area contributed by atoms with E-state index in [0.29, 0.717) is 12.3 Å². The van der Waals surface area contributed by atoms with Crippen LogP contribution in [0.3, 0.4) is 0 Å². The van der Waals surface area contributed by atoms with Gasteiger partial charge in [-0.3, -0.25) is 9.69 Å². The number of rotatable bonds is 6. The van der Waals surface area contributed by atoms with Crippen molar-refractivity contribution in [1.29, 1.82) is 0 Å². The number of benzene rings is 2. The molecule has 140 valence electrons. The van der Waals surface area contributed by atoms with Gasteiger partial charge in [-0.15, -0.1) is 0 Å². The summed E-state index contributed by atoms with van der Waals surface area (Å²) in [6, 6.07) is 17.0. The minimum absolute atomic E-state index is 0.107. The Labute approximate surface area is 158 Å². The molecule has 6 heteroatoms. The van der Waals surface area contributed by atoms with E-state index >= 15 is 0 Å². The van der Waals surface area contributed by atoms with E-state index < -0.39 is 6.04 Å². The second kappa shape index (κ2) is 8.14. The Morgan fingerprint density at radius 3 is 2.37 bits per heavy atom.